The van der Waals surface area contributed by atoms with Crippen LogP contribution >= 0.6 is 47.0 Å². The van der Waals surface area contributed by atoms with Crippen LogP contribution in [0.1, 0.15) is 40.5 Å². The van der Waals surface area contributed by atoms with Crippen molar-refractivity contribution in [2.24, 2.45) is 4.99 Å². The van der Waals surface area contributed by atoms with Crippen molar-refractivity contribution in [3.05, 3.63) is 29.6 Å². The van der Waals surface area contributed by atoms with E-state index in [0.29, 0.717) is 0 Å². The van der Waals surface area contributed by atoms with Gasteiger partial charge < -0.3 is 0 Å². The van der Waals surface area contributed by atoms with E-state index in [1.165, 1.54) is 18.4 Å². The molecular formula is C16H21N2OS4. The topological polar surface area (TPSA) is 35.5 Å². The van der Waals surface area contributed by atoms with Gasteiger partial charge in [-0.05, 0) is 56.8 Å². The molecule has 125 valence electrons. The quantitative estimate of drug-likeness (QED) is 0.559. The van der Waals surface area contributed by atoms with Crippen LogP contribution in [0, 0.1) is 0 Å². The average molecular weight is 386 g/mol. The third-order valence-electron chi connectivity index (χ3n) is 4.05. The standard InChI is InChI=1S/C16H21N2OS4/c1-15(2)7-11(8-16(3,4)18(15)19)17-9-12-10-22-14(23-12)13-20-5-6-21-13/h5-6,9-11H,7-8H2,1-4H3. The van der Waals surface area contributed by atoms with Gasteiger partial charge in [0.05, 0.1) is 14.5 Å². The second kappa shape index (κ2) is 6.84. The van der Waals surface area contributed by atoms with Gasteiger partial charge in [0.15, 0.2) is 0 Å². The number of hydrogen-bond donors (Lipinski definition) is 0. The third kappa shape index (κ3) is 4.07. The fraction of sp³-hybridized carbons (Fsp3) is 0.562. The summed E-state index contributed by atoms with van der Waals surface area (Å²) in [6, 6.07) is 0.213. The lowest BCUT2D eigenvalue weighted by atomic mass is 9.79. The molecule has 0 N–H and O–H groups in total. The smallest absolute Gasteiger partial charge is 0.0700 e. The Morgan fingerprint density at radius 1 is 1.09 bits per heavy atom. The highest BCUT2D eigenvalue weighted by molar-refractivity contribution is 8.33. The minimum Gasteiger partial charge on any atom is -0.289 e. The summed E-state index contributed by atoms with van der Waals surface area (Å²) in [7, 11) is 0. The van der Waals surface area contributed by atoms with E-state index in [1.807, 2.05) is 33.9 Å². The zero-order valence-electron chi connectivity index (χ0n) is 13.7. The second-order valence-corrected chi connectivity index (χ2v) is 11.4. The summed E-state index contributed by atoms with van der Waals surface area (Å²) >= 11 is 7.16. The first-order valence-corrected chi connectivity index (χ1v) is 11.0. The van der Waals surface area contributed by atoms with E-state index >= 15 is 0 Å². The molecule has 0 saturated carbocycles. The Morgan fingerprint density at radius 3 is 2.30 bits per heavy atom. The molecule has 1 fully saturated rings. The molecule has 3 nitrogen and oxygen atoms in total. The van der Waals surface area contributed by atoms with Crippen LogP contribution in [0.25, 0.3) is 0 Å². The van der Waals surface area contributed by atoms with Crippen molar-refractivity contribution in [3.8, 4) is 0 Å². The van der Waals surface area contributed by atoms with E-state index in [9.17, 15) is 5.21 Å². The van der Waals surface area contributed by atoms with Crippen molar-refractivity contribution >= 4 is 53.3 Å². The van der Waals surface area contributed by atoms with Gasteiger partial charge in [0, 0.05) is 22.2 Å². The Bertz CT molecular complexity index is 579. The molecule has 3 heterocycles. The minimum atomic E-state index is -0.356. The van der Waals surface area contributed by atoms with Crippen molar-refractivity contribution in [3.63, 3.8) is 0 Å². The SMILES string of the molecule is CC1(C)CC(N=CC2=CSC(=C3SC=CS3)S2)CC(C)(C)N1[O]. The highest BCUT2D eigenvalue weighted by Crippen LogP contribution is 2.52. The number of aliphatic imine (C=N–C) groups is 1. The normalized spacial score (nSPS) is 28.1. The summed E-state index contributed by atoms with van der Waals surface area (Å²) in [6.45, 7) is 8.08. The average Bonchev–Trinajstić information content (AvgIpc) is 3.12. The van der Waals surface area contributed by atoms with Gasteiger partial charge in [-0.25, -0.2) is 0 Å². The van der Waals surface area contributed by atoms with Crippen molar-refractivity contribution in [2.45, 2.75) is 57.7 Å². The Hall–Kier alpha value is 0.210. The molecule has 3 rings (SSSR count). The van der Waals surface area contributed by atoms with Crippen molar-refractivity contribution in [2.75, 3.05) is 0 Å². The van der Waals surface area contributed by atoms with Crippen LogP contribution in [0.4, 0.5) is 0 Å². The third-order valence-corrected chi connectivity index (χ3v) is 9.02. The molecule has 23 heavy (non-hydrogen) atoms. The fourth-order valence-electron chi connectivity index (χ4n) is 3.21. The van der Waals surface area contributed by atoms with Crippen LogP contribution < -0.4 is 0 Å². The van der Waals surface area contributed by atoms with E-state index in [-0.39, 0.29) is 17.1 Å². The summed E-state index contributed by atoms with van der Waals surface area (Å²) in [5.74, 6) is 0. The van der Waals surface area contributed by atoms with Gasteiger partial charge in [-0.15, -0.1) is 10.3 Å². The lowest BCUT2D eigenvalue weighted by Crippen LogP contribution is -2.59. The molecule has 0 aromatic heterocycles. The zero-order chi connectivity index (χ0) is 16.7. The monoisotopic (exact) mass is 385 g/mol. The Kier molecular flexibility index (Phi) is 5.36. The molecule has 1 radical (unpaired) electrons. The predicted octanol–water partition coefficient (Wildman–Crippen LogP) is 5.82. The maximum absolute atomic E-state index is 12.4. The van der Waals surface area contributed by atoms with E-state index in [4.69, 9.17) is 4.99 Å². The van der Waals surface area contributed by atoms with E-state index in [0.717, 1.165) is 12.8 Å². The number of piperidine rings is 1. The molecule has 0 unspecified atom stereocenters. The van der Waals surface area contributed by atoms with Crippen LogP contribution in [-0.4, -0.2) is 28.4 Å². The first kappa shape index (κ1) is 18.0. The summed E-state index contributed by atoms with van der Waals surface area (Å²) in [4.78, 5) is 6.01. The maximum atomic E-state index is 12.4. The zero-order valence-corrected chi connectivity index (χ0v) is 17.0. The molecule has 0 amide bonds. The lowest BCUT2D eigenvalue weighted by molar-refractivity contribution is -0.288. The van der Waals surface area contributed by atoms with Crippen molar-refractivity contribution in [1.82, 2.24) is 5.06 Å². The highest BCUT2D eigenvalue weighted by atomic mass is 32.2. The summed E-state index contributed by atoms with van der Waals surface area (Å²) < 4.78 is 2.71. The van der Waals surface area contributed by atoms with Gasteiger partial charge in [-0.3, -0.25) is 4.99 Å². The van der Waals surface area contributed by atoms with Crippen LogP contribution in [0.5, 0.6) is 0 Å². The molecule has 3 aliphatic rings. The molecular weight excluding hydrogens is 364 g/mol. The van der Waals surface area contributed by atoms with Gasteiger partial charge in [0.1, 0.15) is 0 Å². The van der Waals surface area contributed by atoms with Crippen LogP contribution in [0.15, 0.2) is 34.6 Å². The van der Waals surface area contributed by atoms with Crippen LogP contribution in [-0.2, 0) is 5.21 Å². The number of nitrogens with zero attached hydrogens (tertiary/aromatic N) is 2. The van der Waals surface area contributed by atoms with Crippen LogP contribution in [0.3, 0.4) is 0 Å². The number of allylic oxidation sites excluding steroid dienone is 1. The lowest BCUT2D eigenvalue weighted by Gasteiger charge is -2.48. The Labute approximate surface area is 155 Å². The van der Waals surface area contributed by atoms with Crippen molar-refractivity contribution in [1.29, 1.82) is 0 Å². The van der Waals surface area contributed by atoms with E-state index in [1.54, 1.807) is 47.0 Å². The van der Waals surface area contributed by atoms with Gasteiger partial charge in [-0.2, -0.15) is 0 Å². The van der Waals surface area contributed by atoms with E-state index in [2.05, 4.69) is 16.2 Å². The van der Waals surface area contributed by atoms with Crippen molar-refractivity contribution < 1.29 is 5.21 Å². The number of thioether (sulfide) groups is 4. The summed E-state index contributed by atoms with van der Waals surface area (Å²) in [6.07, 6.45) is 3.62. The fourth-order valence-corrected chi connectivity index (χ4v) is 7.52. The van der Waals surface area contributed by atoms with Gasteiger partial charge >= 0.3 is 0 Å². The van der Waals surface area contributed by atoms with Gasteiger partial charge in [0.25, 0.3) is 0 Å². The van der Waals surface area contributed by atoms with Gasteiger partial charge in [-0.1, -0.05) is 47.0 Å². The predicted molar refractivity (Wildman–Crippen MR) is 107 cm³/mol. The van der Waals surface area contributed by atoms with Crippen LogP contribution in [0.2, 0.25) is 0 Å². The largest absolute Gasteiger partial charge is 0.289 e. The number of hydroxylamine groups is 2. The molecule has 0 spiro atoms. The summed E-state index contributed by atoms with van der Waals surface area (Å²) in [5.41, 5.74) is -0.711. The number of hydrogen-bond acceptors (Lipinski definition) is 6. The Balaban J connectivity index is 1.64. The van der Waals surface area contributed by atoms with Gasteiger partial charge in [0.2, 0.25) is 0 Å². The molecule has 3 aliphatic heterocycles. The molecule has 0 aromatic carbocycles. The Morgan fingerprint density at radius 2 is 1.70 bits per heavy atom. The number of rotatable bonds is 2. The molecule has 1 saturated heterocycles. The summed E-state index contributed by atoms with van der Waals surface area (Å²) in [5, 5.41) is 20.1. The first-order chi connectivity index (χ1) is 10.8. The highest BCUT2D eigenvalue weighted by Gasteiger charge is 2.46. The molecule has 0 aliphatic carbocycles. The second-order valence-electron chi connectivity index (χ2n) is 7.08. The molecule has 0 bridgehead atoms. The molecule has 0 atom stereocenters. The first-order valence-electron chi connectivity index (χ1n) is 7.56. The molecule has 0 aromatic rings. The van der Waals surface area contributed by atoms with E-state index < -0.39 is 0 Å². The maximum Gasteiger partial charge on any atom is 0.0700 e. The molecule has 7 heteroatoms. The minimum absolute atomic E-state index is 0.213.